The molecule has 2 bridgehead atoms. The first-order valence-corrected chi connectivity index (χ1v) is 10.6. The number of hydrogen-bond acceptors (Lipinski definition) is 3. The van der Waals surface area contributed by atoms with Crippen LogP contribution >= 0.6 is 0 Å². The van der Waals surface area contributed by atoms with Gasteiger partial charge >= 0.3 is 6.09 Å². The number of sulfonamides is 1. The van der Waals surface area contributed by atoms with Crippen LogP contribution in [0.2, 0.25) is 0 Å². The molecule has 2 aliphatic carbocycles. The van der Waals surface area contributed by atoms with Crippen molar-refractivity contribution in [1.29, 1.82) is 0 Å². The molecule has 1 saturated carbocycles. The minimum atomic E-state index is -3.55. The van der Waals surface area contributed by atoms with E-state index in [1.54, 1.807) is 36.4 Å². The second-order valence-corrected chi connectivity index (χ2v) is 9.09. The number of carboxylic acid groups (broad SMARTS) is 1. The Morgan fingerprint density at radius 2 is 1.63 bits per heavy atom. The minimum absolute atomic E-state index is 0.0986. The predicted molar refractivity (Wildman–Crippen MR) is 102 cm³/mol. The van der Waals surface area contributed by atoms with Gasteiger partial charge in [-0.2, -0.15) is 0 Å². The fourth-order valence-electron chi connectivity index (χ4n) is 4.45. The summed E-state index contributed by atoms with van der Waals surface area (Å²) in [6, 6.07) is 14.0. The highest BCUT2D eigenvalue weighted by Gasteiger charge is 2.41. The van der Waals surface area contributed by atoms with Gasteiger partial charge in [0.05, 0.1) is 4.90 Å². The quantitative estimate of drug-likeness (QED) is 0.752. The van der Waals surface area contributed by atoms with E-state index in [2.05, 4.69) is 10.0 Å². The van der Waals surface area contributed by atoms with Gasteiger partial charge < -0.3 is 5.11 Å². The molecular weight excluding hydrogens is 364 g/mol. The van der Waals surface area contributed by atoms with Crippen molar-refractivity contribution >= 4 is 21.8 Å². The van der Waals surface area contributed by atoms with E-state index < -0.39 is 16.1 Å². The molecule has 3 N–H and O–H groups in total. The third kappa shape index (κ3) is 3.70. The highest BCUT2D eigenvalue weighted by molar-refractivity contribution is 7.89. The van der Waals surface area contributed by atoms with Crippen molar-refractivity contribution in [1.82, 2.24) is 4.72 Å². The van der Waals surface area contributed by atoms with Crippen molar-refractivity contribution in [2.45, 2.75) is 36.6 Å². The van der Waals surface area contributed by atoms with E-state index in [1.807, 2.05) is 12.1 Å². The summed E-state index contributed by atoms with van der Waals surface area (Å²) in [6.07, 6.45) is 2.45. The van der Waals surface area contributed by atoms with Gasteiger partial charge in [-0.25, -0.2) is 17.9 Å². The van der Waals surface area contributed by atoms with Gasteiger partial charge in [-0.15, -0.1) is 0 Å². The Bertz CT molecular complexity index is 959. The number of benzene rings is 2. The van der Waals surface area contributed by atoms with Crippen LogP contribution in [-0.2, 0) is 22.9 Å². The molecule has 0 aromatic heterocycles. The number of rotatable bonds is 4. The van der Waals surface area contributed by atoms with E-state index >= 15 is 0 Å². The van der Waals surface area contributed by atoms with Crippen LogP contribution in [-0.4, -0.2) is 25.7 Å². The van der Waals surface area contributed by atoms with Gasteiger partial charge in [0.15, 0.2) is 0 Å². The number of anilines is 1. The van der Waals surface area contributed by atoms with Crippen LogP contribution in [0.3, 0.4) is 0 Å². The molecule has 7 heteroatoms. The monoisotopic (exact) mass is 386 g/mol. The fourth-order valence-corrected chi connectivity index (χ4v) is 5.85. The second-order valence-electron chi connectivity index (χ2n) is 7.38. The SMILES string of the molecule is O=C(O)Nc1ccc2c(c1)CC1CCC(C2)C1NS(=O)(=O)c1ccccc1. The predicted octanol–water partition coefficient (Wildman–Crippen LogP) is 3.25. The molecule has 2 aliphatic rings. The summed E-state index contributed by atoms with van der Waals surface area (Å²) < 4.78 is 28.5. The maximum absolute atomic E-state index is 12.8. The van der Waals surface area contributed by atoms with Gasteiger partial charge in [0.1, 0.15) is 0 Å². The molecule has 4 rings (SSSR count). The molecule has 2 aromatic carbocycles. The van der Waals surface area contributed by atoms with Gasteiger partial charge in [0.2, 0.25) is 10.0 Å². The van der Waals surface area contributed by atoms with E-state index in [4.69, 9.17) is 5.11 Å². The highest BCUT2D eigenvalue weighted by atomic mass is 32.2. The Balaban J connectivity index is 1.58. The molecular formula is C20H22N2O4S. The van der Waals surface area contributed by atoms with Crippen molar-refractivity contribution in [2.24, 2.45) is 11.8 Å². The first-order chi connectivity index (χ1) is 12.9. The number of hydrogen-bond donors (Lipinski definition) is 3. The molecule has 0 saturated heterocycles. The van der Waals surface area contributed by atoms with Crippen molar-refractivity contribution in [3.63, 3.8) is 0 Å². The first-order valence-electron chi connectivity index (χ1n) is 9.11. The summed E-state index contributed by atoms with van der Waals surface area (Å²) in [5.41, 5.74) is 2.85. The molecule has 0 radical (unpaired) electrons. The van der Waals surface area contributed by atoms with Gasteiger partial charge in [-0.3, -0.25) is 5.32 Å². The summed E-state index contributed by atoms with van der Waals surface area (Å²) in [5.74, 6) is 0.475. The highest BCUT2D eigenvalue weighted by Crippen LogP contribution is 2.41. The van der Waals surface area contributed by atoms with Crippen LogP contribution in [0.4, 0.5) is 10.5 Å². The molecule has 6 nitrogen and oxygen atoms in total. The lowest BCUT2D eigenvalue weighted by molar-refractivity contribution is 0.209. The van der Waals surface area contributed by atoms with Crippen molar-refractivity contribution in [2.75, 3.05) is 5.32 Å². The van der Waals surface area contributed by atoms with Crippen molar-refractivity contribution < 1.29 is 18.3 Å². The van der Waals surface area contributed by atoms with Gasteiger partial charge in [-0.05, 0) is 72.9 Å². The number of fused-ring (bicyclic) bond motifs is 3. The lowest BCUT2D eigenvalue weighted by Crippen LogP contribution is -2.41. The molecule has 1 fully saturated rings. The molecule has 0 spiro atoms. The molecule has 3 atom stereocenters. The smallest absolute Gasteiger partial charge is 0.409 e. The lowest BCUT2D eigenvalue weighted by atomic mass is 9.93. The molecule has 1 amide bonds. The van der Waals surface area contributed by atoms with E-state index in [0.717, 1.165) is 31.2 Å². The van der Waals surface area contributed by atoms with Crippen LogP contribution in [0.1, 0.15) is 24.0 Å². The Kier molecular flexibility index (Phi) is 4.65. The molecule has 27 heavy (non-hydrogen) atoms. The second kappa shape index (κ2) is 6.98. The average Bonchev–Trinajstić information content (AvgIpc) is 2.90. The van der Waals surface area contributed by atoms with E-state index in [0.29, 0.717) is 10.6 Å². The summed E-state index contributed by atoms with van der Waals surface area (Å²) in [6.45, 7) is 0. The number of amides is 1. The third-order valence-corrected chi connectivity index (χ3v) is 7.17. The molecule has 3 unspecified atom stereocenters. The van der Waals surface area contributed by atoms with Gasteiger partial charge in [0.25, 0.3) is 0 Å². The molecule has 142 valence electrons. The maximum atomic E-state index is 12.8. The lowest BCUT2D eigenvalue weighted by Gasteiger charge is -2.23. The average molecular weight is 386 g/mol. The zero-order valence-electron chi connectivity index (χ0n) is 14.8. The zero-order chi connectivity index (χ0) is 19.0. The Morgan fingerprint density at radius 3 is 2.30 bits per heavy atom. The maximum Gasteiger partial charge on any atom is 0.409 e. The molecule has 0 aliphatic heterocycles. The van der Waals surface area contributed by atoms with Crippen LogP contribution < -0.4 is 10.0 Å². The van der Waals surface area contributed by atoms with Crippen molar-refractivity contribution in [3.8, 4) is 0 Å². The Morgan fingerprint density at radius 1 is 0.963 bits per heavy atom. The number of carbonyl (C=O) groups is 1. The topological polar surface area (TPSA) is 95.5 Å². The fraction of sp³-hybridized carbons (Fsp3) is 0.350. The third-order valence-electron chi connectivity index (χ3n) is 5.69. The minimum Gasteiger partial charge on any atom is -0.465 e. The standard InChI is InChI=1S/C20H22N2O4S/c23-20(24)21-17-9-8-13-10-14-6-7-15(11-16(13)12-17)19(14)22-27(25,26)18-4-2-1-3-5-18/h1-5,8-9,12,14-15,19,21-22H,6-7,10-11H2,(H,23,24). The Labute approximate surface area is 158 Å². The van der Waals surface area contributed by atoms with E-state index in [1.165, 1.54) is 5.56 Å². The van der Waals surface area contributed by atoms with Crippen LogP contribution in [0.25, 0.3) is 0 Å². The summed E-state index contributed by atoms with van der Waals surface area (Å²) in [5, 5.41) is 11.3. The summed E-state index contributed by atoms with van der Waals surface area (Å²) in [4.78, 5) is 11.2. The Hall–Kier alpha value is -2.38. The summed E-state index contributed by atoms with van der Waals surface area (Å²) in [7, 11) is -3.55. The van der Waals surface area contributed by atoms with Crippen LogP contribution in [0.15, 0.2) is 53.4 Å². The van der Waals surface area contributed by atoms with Gasteiger partial charge in [-0.1, -0.05) is 24.3 Å². The van der Waals surface area contributed by atoms with E-state index in [9.17, 15) is 13.2 Å². The van der Waals surface area contributed by atoms with E-state index in [-0.39, 0.29) is 17.9 Å². The normalized spacial score (nSPS) is 24.1. The van der Waals surface area contributed by atoms with Crippen LogP contribution in [0.5, 0.6) is 0 Å². The first kappa shape index (κ1) is 18.0. The number of nitrogens with one attached hydrogen (secondary N) is 2. The van der Waals surface area contributed by atoms with Gasteiger partial charge in [0, 0.05) is 11.7 Å². The largest absolute Gasteiger partial charge is 0.465 e. The summed E-state index contributed by atoms with van der Waals surface area (Å²) >= 11 is 0. The molecule has 0 heterocycles. The van der Waals surface area contributed by atoms with Crippen LogP contribution in [0, 0.1) is 11.8 Å². The van der Waals surface area contributed by atoms with Crippen molar-refractivity contribution in [3.05, 3.63) is 59.7 Å². The zero-order valence-corrected chi connectivity index (χ0v) is 15.6. The molecule has 2 aromatic rings.